The number of carbonyl (C=O) groups excluding carboxylic acids is 1. The first-order chi connectivity index (χ1) is 9.28. The van der Waals surface area contributed by atoms with Crippen LogP contribution in [0.3, 0.4) is 0 Å². The van der Waals surface area contributed by atoms with Crippen LogP contribution in [0.1, 0.15) is 29.6 Å². The van der Waals surface area contributed by atoms with Gasteiger partial charge in [0.25, 0.3) is 0 Å². The minimum atomic E-state index is -0.285. The number of hydrogen-bond donors (Lipinski definition) is 0. The summed E-state index contributed by atoms with van der Waals surface area (Å²) in [5, 5.41) is 0. The Hall–Kier alpha value is -1.42. The molecule has 0 aliphatic carbocycles. The fourth-order valence-corrected chi connectivity index (χ4v) is 3.22. The SMILES string of the molecule is O=Cc1ccc(N2CCC(N3CCCC3)C2)c(F)c1. The summed E-state index contributed by atoms with van der Waals surface area (Å²) < 4.78 is 14.0. The molecule has 0 saturated carbocycles. The number of carbonyl (C=O) groups is 1. The molecule has 0 spiro atoms. The van der Waals surface area contributed by atoms with E-state index in [0.717, 1.165) is 19.5 Å². The number of anilines is 1. The molecular weight excluding hydrogens is 243 g/mol. The van der Waals surface area contributed by atoms with Gasteiger partial charge in [0, 0.05) is 24.7 Å². The number of benzene rings is 1. The van der Waals surface area contributed by atoms with Crippen molar-refractivity contribution in [3.05, 3.63) is 29.6 Å². The van der Waals surface area contributed by atoms with E-state index in [0.29, 0.717) is 23.6 Å². The van der Waals surface area contributed by atoms with Gasteiger partial charge >= 0.3 is 0 Å². The second kappa shape index (κ2) is 5.29. The molecular formula is C15H19FN2O. The van der Waals surface area contributed by atoms with Gasteiger partial charge in [0.2, 0.25) is 0 Å². The van der Waals surface area contributed by atoms with Crippen molar-refractivity contribution in [1.29, 1.82) is 0 Å². The minimum absolute atomic E-state index is 0.285. The third kappa shape index (κ3) is 2.50. The lowest BCUT2D eigenvalue weighted by atomic mass is 10.2. The maximum atomic E-state index is 14.0. The van der Waals surface area contributed by atoms with E-state index in [-0.39, 0.29) is 5.82 Å². The molecule has 19 heavy (non-hydrogen) atoms. The van der Waals surface area contributed by atoms with E-state index in [1.165, 1.54) is 32.0 Å². The molecule has 3 nitrogen and oxygen atoms in total. The average Bonchev–Trinajstić information content (AvgIpc) is 3.09. The van der Waals surface area contributed by atoms with E-state index in [1.807, 2.05) is 0 Å². The predicted molar refractivity (Wildman–Crippen MR) is 73.2 cm³/mol. The zero-order valence-electron chi connectivity index (χ0n) is 11.0. The van der Waals surface area contributed by atoms with Crippen molar-refractivity contribution in [2.75, 3.05) is 31.1 Å². The van der Waals surface area contributed by atoms with Crippen molar-refractivity contribution in [3.8, 4) is 0 Å². The van der Waals surface area contributed by atoms with Gasteiger partial charge in [0.15, 0.2) is 0 Å². The van der Waals surface area contributed by atoms with Crippen molar-refractivity contribution in [2.24, 2.45) is 0 Å². The highest BCUT2D eigenvalue weighted by Gasteiger charge is 2.30. The molecule has 0 amide bonds. The highest BCUT2D eigenvalue weighted by atomic mass is 19.1. The van der Waals surface area contributed by atoms with Crippen molar-refractivity contribution in [2.45, 2.75) is 25.3 Å². The molecule has 102 valence electrons. The highest BCUT2D eigenvalue weighted by molar-refractivity contribution is 5.76. The fourth-order valence-electron chi connectivity index (χ4n) is 3.22. The molecule has 1 unspecified atom stereocenters. The second-order valence-electron chi connectivity index (χ2n) is 5.46. The molecule has 1 aromatic rings. The van der Waals surface area contributed by atoms with Crippen LogP contribution >= 0.6 is 0 Å². The van der Waals surface area contributed by atoms with Gasteiger partial charge in [-0.1, -0.05) is 0 Å². The van der Waals surface area contributed by atoms with Gasteiger partial charge in [-0.3, -0.25) is 9.69 Å². The van der Waals surface area contributed by atoms with Crippen LogP contribution in [0.2, 0.25) is 0 Å². The third-order valence-electron chi connectivity index (χ3n) is 4.27. The molecule has 0 N–H and O–H groups in total. The quantitative estimate of drug-likeness (QED) is 0.781. The summed E-state index contributed by atoms with van der Waals surface area (Å²) >= 11 is 0. The molecule has 2 fully saturated rings. The van der Waals surface area contributed by atoms with E-state index in [9.17, 15) is 9.18 Å². The Bertz CT molecular complexity index is 471. The van der Waals surface area contributed by atoms with Gasteiger partial charge in [-0.05, 0) is 50.6 Å². The van der Waals surface area contributed by atoms with E-state index in [4.69, 9.17) is 0 Å². The molecule has 1 aromatic carbocycles. The molecule has 2 aliphatic heterocycles. The zero-order chi connectivity index (χ0) is 13.2. The topological polar surface area (TPSA) is 23.6 Å². The molecule has 2 heterocycles. The van der Waals surface area contributed by atoms with Crippen LogP contribution in [0.5, 0.6) is 0 Å². The van der Waals surface area contributed by atoms with Gasteiger partial charge in [-0.25, -0.2) is 4.39 Å². The van der Waals surface area contributed by atoms with Crippen LogP contribution in [0.4, 0.5) is 10.1 Å². The Balaban J connectivity index is 1.71. The summed E-state index contributed by atoms with van der Waals surface area (Å²) in [6.07, 6.45) is 4.37. The Morgan fingerprint density at radius 1 is 1.21 bits per heavy atom. The lowest BCUT2D eigenvalue weighted by molar-refractivity contribution is 0.112. The van der Waals surface area contributed by atoms with Gasteiger partial charge in [0.05, 0.1) is 5.69 Å². The standard InChI is InChI=1S/C15H19FN2O/c16-14-9-12(11-19)3-4-15(14)18-8-5-13(10-18)17-6-1-2-7-17/h3-4,9,11,13H,1-2,5-8,10H2. The van der Waals surface area contributed by atoms with Crippen molar-refractivity contribution >= 4 is 12.0 Å². The first kappa shape index (κ1) is 12.6. The lowest BCUT2D eigenvalue weighted by Crippen LogP contribution is -2.35. The molecule has 0 radical (unpaired) electrons. The van der Waals surface area contributed by atoms with Crippen molar-refractivity contribution in [3.63, 3.8) is 0 Å². The van der Waals surface area contributed by atoms with Crippen LogP contribution in [-0.4, -0.2) is 43.4 Å². The lowest BCUT2D eigenvalue weighted by Gasteiger charge is -2.24. The molecule has 4 heteroatoms. The van der Waals surface area contributed by atoms with E-state index >= 15 is 0 Å². The van der Waals surface area contributed by atoms with Crippen LogP contribution in [0.15, 0.2) is 18.2 Å². The van der Waals surface area contributed by atoms with Crippen molar-refractivity contribution in [1.82, 2.24) is 4.90 Å². The Morgan fingerprint density at radius 3 is 2.68 bits per heavy atom. The monoisotopic (exact) mass is 262 g/mol. The molecule has 2 aliphatic rings. The maximum Gasteiger partial charge on any atom is 0.150 e. The second-order valence-corrected chi connectivity index (χ2v) is 5.46. The first-order valence-electron chi connectivity index (χ1n) is 7.01. The number of hydrogen-bond acceptors (Lipinski definition) is 3. The van der Waals surface area contributed by atoms with E-state index in [1.54, 1.807) is 12.1 Å². The smallest absolute Gasteiger partial charge is 0.150 e. The maximum absolute atomic E-state index is 14.0. The van der Waals surface area contributed by atoms with Crippen LogP contribution in [-0.2, 0) is 0 Å². The predicted octanol–water partition coefficient (Wildman–Crippen LogP) is 2.31. The van der Waals surface area contributed by atoms with E-state index in [2.05, 4.69) is 9.80 Å². The summed E-state index contributed by atoms with van der Waals surface area (Å²) in [7, 11) is 0. The summed E-state index contributed by atoms with van der Waals surface area (Å²) in [6, 6.07) is 5.30. The van der Waals surface area contributed by atoms with Crippen LogP contribution in [0, 0.1) is 5.82 Å². The first-order valence-corrected chi connectivity index (χ1v) is 7.01. The van der Waals surface area contributed by atoms with Gasteiger partial charge in [-0.15, -0.1) is 0 Å². The Kier molecular flexibility index (Phi) is 3.51. The third-order valence-corrected chi connectivity index (χ3v) is 4.27. The largest absolute Gasteiger partial charge is 0.368 e. The highest BCUT2D eigenvalue weighted by Crippen LogP contribution is 2.27. The molecule has 0 aromatic heterocycles. The van der Waals surface area contributed by atoms with Gasteiger partial charge < -0.3 is 4.90 Å². The Labute approximate surface area is 113 Å². The number of aldehydes is 1. The van der Waals surface area contributed by atoms with Gasteiger partial charge in [-0.2, -0.15) is 0 Å². The van der Waals surface area contributed by atoms with Gasteiger partial charge in [0.1, 0.15) is 12.1 Å². The molecule has 0 bridgehead atoms. The summed E-state index contributed by atoms with van der Waals surface area (Å²) in [6.45, 7) is 4.17. The zero-order valence-corrected chi connectivity index (χ0v) is 11.0. The summed E-state index contributed by atoms with van der Waals surface area (Å²) in [5.74, 6) is -0.285. The van der Waals surface area contributed by atoms with Crippen LogP contribution in [0.25, 0.3) is 0 Å². The molecule has 2 saturated heterocycles. The normalized spacial score (nSPS) is 24.1. The number of halogens is 1. The van der Waals surface area contributed by atoms with Crippen LogP contribution < -0.4 is 4.90 Å². The fraction of sp³-hybridized carbons (Fsp3) is 0.533. The van der Waals surface area contributed by atoms with Crippen molar-refractivity contribution < 1.29 is 9.18 Å². The molecule has 3 rings (SSSR count). The summed E-state index contributed by atoms with van der Waals surface area (Å²) in [4.78, 5) is 15.3. The number of rotatable bonds is 3. The van der Waals surface area contributed by atoms with E-state index < -0.39 is 0 Å². The number of nitrogens with zero attached hydrogens (tertiary/aromatic N) is 2. The molecule has 1 atom stereocenters. The average molecular weight is 262 g/mol. The summed E-state index contributed by atoms with van der Waals surface area (Å²) in [5.41, 5.74) is 1.03. The number of likely N-dealkylation sites (tertiary alicyclic amines) is 1. The Morgan fingerprint density at radius 2 is 2.00 bits per heavy atom. The minimum Gasteiger partial charge on any atom is -0.368 e.